The average molecular weight is 194 g/mol. The van der Waals surface area contributed by atoms with Crippen LogP contribution in [0, 0.1) is 17.8 Å². The van der Waals surface area contributed by atoms with Crippen LogP contribution in [0.3, 0.4) is 0 Å². The number of nitrogens with one attached hydrogen (secondary N) is 2. The van der Waals surface area contributed by atoms with Crippen molar-refractivity contribution < 1.29 is 4.79 Å². The molecule has 1 aliphatic rings. The summed E-state index contributed by atoms with van der Waals surface area (Å²) in [6.45, 7) is 4.43. The zero-order valence-electron chi connectivity index (χ0n) is 8.73. The van der Waals surface area contributed by atoms with Gasteiger partial charge in [-0.05, 0) is 38.8 Å². The molecule has 0 aromatic carbocycles. The van der Waals surface area contributed by atoms with Gasteiger partial charge in [0.2, 0.25) is 5.91 Å². The number of rotatable bonds is 4. The van der Waals surface area contributed by atoms with Crippen LogP contribution >= 0.6 is 0 Å². The lowest BCUT2D eigenvalue weighted by molar-refractivity contribution is -0.121. The number of carbonyl (C=O) groups excluding carboxylic acids is 1. The minimum Gasteiger partial charge on any atom is -0.345 e. The second-order valence-electron chi connectivity index (χ2n) is 3.60. The third kappa shape index (κ3) is 4.29. The Labute approximate surface area is 85.6 Å². The molecule has 1 fully saturated rings. The van der Waals surface area contributed by atoms with E-state index in [0.29, 0.717) is 18.9 Å². The predicted octanol–water partition coefficient (Wildman–Crippen LogP) is 0.516. The molecule has 2 N–H and O–H groups in total. The van der Waals surface area contributed by atoms with Crippen molar-refractivity contribution in [1.29, 1.82) is 0 Å². The summed E-state index contributed by atoms with van der Waals surface area (Å²) >= 11 is 0. The van der Waals surface area contributed by atoms with Gasteiger partial charge >= 0.3 is 0 Å². The van der Waals surface area contributed by atoms with Crippen LogP contribution in [0.25, 0.3) is 0 Å². The summed E-state index contributed by atoms with van der Waals surface area (Å²) in [5, 5.41) is 6.07. The Balaban J connectivity index is 2.04. The van der Waals surface area contributed by atoms with E-state index in [9.17, 15) is 4.79 Å². The van der Waals surface area contributed by atoms with Gasteiger partial charge in [-0.1, -0.05) is 5.92 Å². The molecule has 3 nitrogen and oxygen atoms in total. The van der Waals surface area contributed by atoms with Crippen LogP contribution in [0.1, 0.15) is 26.2 Å². The van der Waals surface area contributed by atoms with E-state index < -0.39 is 0 Å². The van der Waals surface area contributed by atoms with Crippen molar-refractivity contribution in [3.63, 3.8) is 0 Å². The second kappa shape index (κ2) is 6.44. The molecule has 0 aromatic rings. The summed E-state index contributed by atoms with van der Waals surface area (Å²) in [5.41, 5.74) is 0. The molecule has 0 bridgehead atoms. The molecule has 14 heavy (non-hydrogen) atoms. The highest BCUT2D eigenvalue weighted by molar-refractivity contribution is 5.76. The summed E-state index contributed by atoms with van der Waals surface area (Å²) < 4.78 is 0. The highest BCUT2D eigenvalue weighted by Gasteiger charge is 2.15. The van der Waals surface area contributed by atoms with Gasteiger partial charge in [0.25, 0.3) is 0 Å². The van der Waals surface area contributed by atoms with E-state index in [1.54, 1.807) is 6.92 Å². The van der Waals surface area contributed by atoms with Crippen molar-refractivity contribution in [3.8, 4) is 11.8 Å². The predicted molar refractivity (Wildman–Crippen MR) is 56.7 cm³/mol. The molecule has 1 saturated heterocycles. The molecule has 0 saturated carbocycles. The highest BCUT2D eigenvalue weighted by atomic mass is 16.1. The first kappa shape index (κ1) is 11.1. The van der Waals surface area contributed by atoms with Crippen molar-refractivity contribution in [3.05, 3.63) is 0 Å². The third-order valence-electron chi connectivity index (χ3n) is 2.49. The lowest BCUT2D eigenvalue weighted by atomic mass is 10.0. The molecule has 0 aromatic heterocycles. The summed E-state index contributed by atoms with van der Waals surface area (Å²) in [6, 6.07) is 0. The van der Waals surface area contributed by atoms with Crippen LogP contribution in [0.4, 0.5) is 0 Å². The summed E-state index contributed by atoms with van der Waals surface area (Å²) in [7, 11) is 0. The normalized spacial score (nSPS) is 19.9. The number of amides is 1. The summed E-state index contributed by atoms with van der Waals surface area (Å²) in [5.74, 6) is 6.38. The van der Waals surface area contributed by atoms with Gasteiger partial charge in [0.15, 0.2) is 0 Å². The fourth-order valence-corrected chi connectivity index (χ4v) is 1.62. The maximum atomic E-state index is 11.3. The van der Waals surface area contributed by atoms with Crippen molar-refractivity contribution in [2.45, 2.75) is 26.2 Å². The number of hydrogen-bond acceptors (Lipinski definition) is 2. The standard InChI is InChI=1S/C11H18N2O/c1-2-3-7-13-11(14)5-4-10-6-8-12-9-10/h10,12H,4-9H2,1H3,(H,13,14). The largest absolute Gasteiger partial charge is 0.345 e. The van der Waals surface area contributed by atoms with Gasteiger partial charge < -0.3 is 10.6 Å². The van der Waals surface area contributed by atoms with E-state index >= 15 is 0 Å². The fraction of sp³-hybridized carbons (Fsp3) is 0.727. The van der Waals surface area contributed by atoms with Crippen LogP contribution in [0.15, 0.2) is 0 Å². The molecule has 0 spiro atoms. The molecule has 78 valence electrons. The monoisotopic (exact) mass is 194 g/mol. The van der Waals surface area contributed by atoms with E-state index in [0.717, 1.165) is 19.5 Å². The molecule has 1 unspecified atom stereocenters. The Kier molecular flexibility index (Phi) is 5.09. The Hall–Kier alpha value is -1.01. The van der Waals surface area contributed by atoms with Gasteiger partial charge in [-0.25, -0.2) is 0 Å². The first-order chi connectivity index (χ1) is 6.83. The molecular formula is C11H18N2O. The molecule has 0 aliphatic carbocycles. The van der Waals surface area contributed by atoms with Gasteiger partial charge in [-0.3, -0.25) is 4.79 Å². The lowest BCUT2D eigenvalue weighted by Crippen LogP contribution is -2.24. The van der Waals surface area contributed by atoms with Crippen molar-refractivity contribution in [2.75, 3.05) is 19.6 Å². The lowest BCUT2D eigenvalue weighted by Gasteiger charge is -2.06. The van der Waals surface area contributed by atoms with Crippen molar-refractivity contribution in [1.82, 2.24) is 10.6 Å². The first-order valence-electron chi connectivity index (χ1n) is 5.20. The van der Waals surface area contributed by atoms with Crippen LogP contribution in [-0.2, 0) is 4.79 Å². The molecule has 1 aliphatic heterocycles. The van der Waals surface area contributed by atoms with Crippen LogP contribution in [0.5, 0.6) is 0 Å². The van der Waals surface area contributed by atoms with E-state index in [-0.39, 0.29) is 5.91 Å². The molecular weight excluding hydrogens is 176 g/mol. The Morgan fingerprint density at radius 2 is 2.50 bits per heavy atom. The second-order valence-corrected chi connectivity index (χ2v) is 3.60. The SMILES string of the molecule is CC#CCNC(=O)CCC1CCNC1. The van der Waals surface area contributed by atoms with Gasteiger partial charge in [0.05, 0.1) is 6.54 Å². The Morgan fingerprint density at radius 3 is 3.14 bits per heavy atom. The van der Waals surface area contributed by atoms with Gasteiger partial charge in [0.1, 0.15) is 0 Å². The van der Waals surface area contributed by atoms with Gasteiger partial charge in [-0.15, -0.1) is 5.92 Å². The maximum absolute atomic E-state index is 11.3. The minimum absolute atomic E-state index is 0.125. The average Bonchev–Trinajstić information content (AvgIpc) is 2.68. The van der Waals surface area contributed by atoms with Gasteiger partial charge in [-0.2, -0.15) is 0 Å². The minimum atomic E-state index is 0.125. The van der Waals surface area contributed by atoms with Crippen molar-refractivity contribution in [2.24, 2.45) is 5.92 Å². The fourth-order valence-electron chi connectivity index (χ4n) is 1.62. The molecule has 3 heteroatoms. The van der Waals surface area contributed by atoms with Crippen LogP contribution in [-0.4, -0.2) is 25.5 Å². The van der Waals surface area contributed by atoms with Crippen molar-refractivity contribution >= 4 is 5.91 Å². The zero-order valence-corrected chi connectivity index (χ0v) is 8.73. The molecule has 1 amide bonds. The van der Waals surface area contributed by atoms with Crippen LogP contribution in [0.2, 0.25) is 0 Å². The Morgan fingerprint density at radius 1 is 1.64 bits per heavy atom. The molecule has 1 atom stereocenters. The Bertz CT molecular complexity index is 233. The third-order valence-corrected chi connectivity index (χ3v) is 2.49. The van der Waals surface area contributed by atoms with E-state index in [1.165, 1.54) is 6.42 Å². The number of hydrogen-bond donors (Lipinski definition) is 2. The van der Waals surface area contributed by atoms with E-state index in [4.69, 9.17) is 0 Å². The highest BCUT2D eigenvalue weighted by Crippen LogP contribution is 2.13. The molecule has 0 radical (unpaired) electrons. The molecule has 1 heterocycles. The van der Waals surface area contributed by atoms with Gasteiger partial charge in [0, 0.05) is 6.42 Å². The topological polar surface area (TPSA) is 41.1 Å². The smallest absolute Gasteiger partial charge is 0.220 e. The maximum Gasteiger partial charge on any atom is 0.220 e. The van der Waals surface area contributed by atoms with E-state index in [1.807, 2.05) is 0 Å². The van der Waals surface area contributed by atoms with E-state index in [2.05, 4.69) is 22.5 Å². The summed E-state index contributed by atoms with van der Waals surface area (Å²) in [6.07, 6.45) is 2.85. The first-order valence-corrected chi connectivity index (χ1v) is 5.20. The summed E-state index contributed by atoms with van der Waals surface area (Å²) in [4.78, 5) is 11.3. The quantitative estimate of drug-likeness (QED) is 0.640. The zero-order chi connectivity index (χ0) is 10.2. The van der Waals surface area contributed by atoms with Crippen LogP contribution < -0.4 is 10.6 Å². The number of carbonyl (C=O) groups is 1. The molecule has 1 rings (SSSR count).